The predicted octanol–water partition coefficient (Wildman–Crippen LogP) is 4.12. The van der Waals surface area contributed by atoms with Crippen molar-refractivity contribution in [3.8, 4) is 0 Å². The summed E-state index contributed by atoms with van der Waals surface area (Å²) in [5.74, 6) is 1.13. The number of hydrogen-bond acceptors (Lipinski definition) is 5. The predicted molar refractivity (Wildman–Crippen MR) is 108 cm³/mol. The van der Waals surface area contributed by atoms with Crippen LogP contribution in [0.1, 0.15) is 34.6 Å². The monoisotopic (exact) mass is 369 g/mol. The molecule has 28 heavy (non-hydrogen) atoms. The molecular weight excluding hydrogens is 350 g/mol. The maximum absolute atomic E-state index is 5.82. The number of ether oxygens (including phenoxy) is 2. The summed E-state index contributed by atoms with van der Waals surface area (Å²) in [5, 5.41) is 0. The van der Waals surface area contributed by atoms with E-state index in [9.17, 15) is 0 Å². The van der Waals surface area contributed by atoms with Crippen molar-refractivity contribution in [2.75, 3.05) is 13.2 Å². The second kappa shape index (κ2) is 7.27. The first kappa shape index (κ1) is 16.7. The maximum atomic E-state index is 5.82. The zero-order valence-corrected chi connectivity index (χ0v) is 15.2. The summed E-state index contributed by atoms with van der Waals surface area (Å²) in [5.41, 5.74) is 3.68. The molecule has 138 valence electrons. The minimum Gasteiger partial charge on any atom is -0.474 e. The van der Waals surface area contributed by atoms with E-state index in [0.29, 0.717) is 36.4 Å². The van der Waals surface area contributed by atoms with Crippen LogP contribution in [0.4, 0.5) is 0 Å². The molecule has 5 rings (SSSR count). The van der Waals surface area contributed by atoms with Gasteiger partial charge in [-0.2, -0.15) is 0 Å². The van der Waals surface area contributed by atoms with Gasteiger partial charge in [-0.3, -0.25) is 0 Å². The molecule has 0 N–H and O–H groups in total. The summed E-state index contributed by atoms with van der Waals surface area (Å²) < 4.78 is 11.6. The van der Waals surface area contributed by atoms with Gasteiger partial charge in [0.05, 0.1) is 0 Å². The van der Waals surface area contributed by atoms with Crippen LogP contribution >= 0.6 is 0 Å². The van der Waals surface area contributed by atoms with Crippen LogP contribution in [0.25, 0.3) is 0 Å². The molecule has 0 aliphatic carbocycles. The van der Waals surface area contributed by atoms with Crippen LogP contribution in [0.5, 0.6) is 0 Å². The van der Waals surface area contributed by atoms with E-state index in [-0.39, 0.29) is 12.1 Å². The minimum atomic E-state index is 0.00388. The SMILES string of the molecule is c1ccc([C@@H]2COC(c3cccc(C4=N[C@@H](c5ccccc5)CO4)n3)=N2)cc1. The van der Waals surface area contributed by atoms with Gasteiger partial charge >= 0.3 is 0 Å². The van der Waals surface area contributed by atoms with Crippen molar-refractivity contribution in [1.82, 2.24) is 4.98 Å². The van der Waals surface area contributed by atoms with Gasteiger partial charge in [-0.05, 0) is 23.3 Å². The topological polar surface area (TPSA) is 56.1 Å². The lowest BCUT2D eigenvalue weighted by Gasteiger charge is -2.04. The van der Waals surface area contributed by atoms with Crippen molar-refractivity contribution in [2.45, 2.75) is 12.1 Å². The number of nitrogens with zero attached hydrogens (tertiary/aromatic N) is 3. The second-order valence-electron chi connectivity index (χ2n) is 6.75. The molecule has 2 aliphatic heterocycles. The van der Waals surface area contributed by atoms with Crippen molar-refractivity contribution in [3.05, 3.63) is 101 Å². The van der Waals surface area contributed by atoms with Crippen molar-refractivity contribution < 1.29 is 9.47 Å². The Labute approximate surface area is 163 Å². The lowest BCUT2D eigenvalue weighted by Crippen LogP contribution is -2.09. The van der Waals surface area contributed by atoms with Gasteiger partial charge in [0, 0.05) is 0 Å². The van der Waals surface area contributed by atoms with Gasteiger partial charge in [0.2, 0.25) is 11.8 Å². The Morgan fingerprint density at radius 2 is 1.04 bits per heavy atom. The van der Waals surface area contributed by atoms with Gasteiger partial charge in [0.25, 0.3) is 0 Å². The van der Waals surface area contributed by atoms with Crippen LogP contribution < -0.4 is 0 Å². The van der Waals surface area contributed by atoms with Crippen LogP contribution in [0.15, 0.2) is 88.8 Å². The summed E-state index contributed by atoms with van der Waals surface area (Å²) in [6.07, 6.45) is 0. The Morgan fingerprint density at radius 3 is 1.50 bits per heavy atom. The summed E-state index contributed by atoms with van der Waals surface area (Å²) >= 11 is 0. The Bertz CT molecular complexity index is 951. The first-order valence-corrected chi connectivity index (χ1v) is 9.36. The molecule has 0 unspecified atom stereocenters. The van der Waals surface area contributed by atoms with Crippen molar-refractivity contribution in [3.63, 3.8) is 0 Å². The molecule has 0 spiro atoms. The summed E-state index contributed by atoms with van der Waals surface area (Å²) in [4.78, 5) is 14.1. The molecule has 3 aromatic rings. The Balaban J connectivity index is 1.39. The quantitative estimate of drug-likeness (QED) is 0.695. The van der Waals surface area contributed by atoms with E-state index in [0.717, 1.165) is 11.1 Å². The fraction of sp³-hybridized carbons (Fsp3) is 0.174. The van der Waals surface area contributed by atoms with Crippen molar-refractivity contribution >= 4 is 11.8 Å². The Morgan fingerprint density at radius 1 is 0.571 bits per heavy atom. The third-order valence-corrected chi connectivity index (χ3v) is 4.86. The molecule has 2 atom stereocenters. The molecule has 0 saturated carbocycles. The zero-order chi connectivity index (χ0) is 18.8. The smallest absolute Gasteiger partial charge is 0.236 e. The first-order valence-electron chi connectivity index (χ1n) is 9.36. The standard InChI is InChI=1S/C23H19N3O2/c1-3-8-16(9-4-1)20-14-27-22(25-20)18-12-7-13-19(24-18)23-26-21(15-28-23)17-10-5-2-6-11-17/h1-13,20-21H,14-15H2/t20-,21+. The number of hydrogen-bond donors (Lipinski definition) is 0. The number of aromatic nitrogens is 1. The van der Waals surface area contributed by atoms with E-state index in [4.69, 9.17) is 19.5 Å². The van der Waals surface area contributed by atoms with Gasteiger partial charge in [0.1, 0.15) is 36.7 Å². The molecule has 5 heteroatoms. The largest absolute Gasteiger partial charge is 0.474 e. The maximum Gasteiger partial charge on any atom is 0.236 e. The molecule has 3 heterocycles. The first-order chi connectivity index (χ1) is 13.9. The van der Waals surface area contributed by atoms with E-state index in [2.05, 4.69) is 29.2 Å². The number of pyridine rings is 1. The number of aliphatic imine (C=N–C) groups is 2. The van der Waals surface area contributed by atoms with Crippen LogP contribution in [-0.2, 0) is 9.47 Å². The van der Waals surface area contributed by atoms with E-state index < -0.39 is 0 Å². The Kier molecular flexibility index (Phi) is 4.33. The molecule has 1 aromatic heterocycles. The Hall–Kier alpha value is -3.47. The van der Waals surface area contributed by atoms with Crippen LogP contribution in [0.2, 0.25) is 0 Å². The molecule has 0 bridgehead atoms. The van der Waals surface area contributed by atoms with Crippen LogP contribution in [0.3, 0.4) is 0 Å². The molecule has 0 radical (unpaired) electrons. The van der Waals surface area contributed by atoms with E-state index in [1.165, 1.54) is 0 Å². The average Bonchev–Trinajstić information content (AvgIpc) is 3.46. The highest BCUT2D eigenvalue weighted by Gasteiger charge is 2.25. The van der Waals surface area contributed by atoms with Crippen LogP contribution in [0, 0.1) is 0 Å². The van der Waals surface area contributed by atoms with E-state index >= 15 is 0 Å². The fourth-order valence-electron chi connectivity index (χ4n) is 3.39. The second-order valence-corrected chi connectivity index (χ2v) is 6.75. The summed E-state index contributed by atoms with van der Waals surface area (Å²) in [6.45, 7) is 1.05. The normalized spacial score (nSPS) is 20.9. The van der Waals surface area contributed by atoms with Gasteiger partial charge in [-0.1, -0.05) is 66.7 Å². The van der Waals surface area contributed by atoms with Gasteiger partial charge in [0.15, 0.2) is 0 Å². The zero-order valence-electron chi connectivity index (χ0n) is 15.2. The third kappa shape index (κ3) is 3.27. The highest BCUT2D eigenvalue weighted by Crippen LogP contribution is 2.26. The molecular formula is C23H19N3O2. The van der Waals surface area contributed by atoms with E-state index in [1.54, 1.807) is 0 Å². The minimum absolute atomic E-state index is 0.00388. The van der Waals surface area contributed by atoms with Crippen molar-refractivity contribution in [1.29, 1.82) is 0 Å². The van der Waals surface area contributed by atoms with Crippen LogP contribution in [-0.4, -0.2) is 30.0 Å². The summed E-state index contributed by atoms with van der Waals surface area (Å²) in [7, 11) is 0. The van der Waals surface area contributed by atoms with Gasteiger partial charge < -0.3 is 9.47 Å². The molecule has 0 amide bonds. The summed E-state index contributed by atoms with van der Waals surface area (Å²) in [6, 6.07) is 26.1. The highest BCUT2D eigenvalue weighted by atomic mass is 16.5. The molecule has 0 saturated heterocycles. The number of benzene rings is 2. The highest BCUT2D eigenvalue weighted by molar-refractivity contribution is 5.97. The lowest BCUT2D eigenvalue weighted by molar-refractivity contribution is 0.317. The fourth-order valence-corrected chi connectivity index (χ4v) is 3.39. The number of rotatable bonds is 4. The van der Waals surface area contributed by atoms with Gasteiger partial charge in [-0.15, -0.1) is 0 Å². The van der Waals surface area contributed by atoms with Crippen molar-refractivity contribution in [2.24, 2.45) is 9.98 Å². The van der Waals surface area contributed by atoms with E-state index in [1.807, 2.05) is 54.6 Å². The molecule has 2 aliphatic rings. The molecule has 5 nitrogen and oxygen atoms in total. The molecule has 2 aromatic carbocycles. The lowest BCUT2D eigenvalue weighted by atomic mass is 10.1. The molecule has 0 fully saturated rings. The van der Waals surface area contributed by atoms with Gasteiger partial charge in [-0.25, -0.2) is 15.0 Å². The third-order valence-electron chi connectivity index (χ3n) is 4.86. The average molecular weight is 369 g/mol.